The molecule has 4 aromatic rings. The Balaban J connectivity index is 1.24. The molecule has 0 unspecified atom stereocenters. The van der Waals surface area contributed by atoms with Crippen molar-refractivity contribution in [1.29, 1.82) is 0 Å². The van der Waals surface area contributed by atoms with E-state index in [1.165, 1.54) is 28.2 Å². The van der Waals surface area contributed by atoms with E-state index in [0.717, 1.165) is 12.1 Å². The molecule has 2 amide bonds. The van der Waals surface area contributed by atoms with E-state index in [-0.39, 0.29) is 18.2 Å². The number of aromatic nitrogens is 3. The van der Waals surface area contributed by atoms with Crippen LogP contribution < -0.4 is 10.6 Å². The van der Waals surface area contributed by atoms with Gasteiger partial charge >= 0.3 is 0 Å². The van der Waals surface area contributed by atoms with Crippen LogP contribution in [-0.2, 0) is 24.3 Å². The van der Waals surface area contributed by atoms with Crippen molar-refractivity contribution in [1.82, 2.24) is 19.9 Å². The number of carbonyl (C=O) groups is 2. The number of thiophene rings is 1. The van der Waals surface area contributed by atoms with Crippen molar-refractivity contribution in [2.24, 2.45) is 0 Å². The van der Waals surface area contributed by atoms with Crippen molar-refractivity contribution in [3.05, 3.63) is 87.6 Å². The molecule has 152 valence electrons. The molecule has 0 aliphatic rings. The van der Waals surface area contributed by atoms with Crippen LogP contribution in [0.15, 0.2) is 65.9 Å². The van der Waals surface area contributed by atoms with E-state index in [1.807, 2.05) is 46.5 Å². The van der Waals surface area contributed by atoms with Crippen LogP contribution in [0.25, 0.3) is 0 Å². The lowest BCUT2D eigenvalue weighted by atomic mass is 10.1. The minimum atomic E-state index is -0.188. The predicted molar refractivity (Wildman–Crippen MR) is 118 cm³/mol. The van der Waals surface area contributed by atoms with Crippen LogP contribution in [0.5, 0.6) is 0 Å². The molecule has 0 saturated carbocycles. The number of imidazole rings is 1. The van der Waals surface area contributed by atoms with Crippen molar-refractivity contribution in [3.8, 4) is 0 Å². The first-order chi connectivity index (χ1) is 14.7. The quantitative estimate of drug-likeness (QED) is 0.441. The summed E-state index contributed by atoms with van der Waals surface area (Å²) in [5, 5.41) is 9.79. The van der Waals surface area contributed by atoms with Gasteiger partial charge < -0.3 is 9.88 Å². The summed E-state index contributed by atoms with van der Waals surface area (Å²) in [5.41, 5.74) is 2.83. The number of nitrogens with zero attached hydrogens (tertiary/aromatic N) is 3. The van der Waals surface area contributed by atoms with Gasteiger partial charge in [0.05, 0.1) is 23.3 Å². The van der Waals surface area contributed by atoms with Crippen molar-refractivity contribution in [2.75, 3.05) is 5.32 Å². The zero-order valence-corrected chi connectivity index (χ0v) is 17.6. The average Bonchev–Trinajstić information content (AvgIpc) is 3.51. The summed E-state index contributed by atoms with van der Waals surface area (Å²) in [7, 11) is 0. The molecule has 30 heavy (non-hydrogen) atoms. The van der Waals surface area contributed by atoms with Gasteiger partial charge in [0, 0.05) is 30.9 Å². The summed E-state index contributed by atoms with van der Waals surface area (Å²) < 4.78 is 2.00. The van der Waals surface area contributed by atoms with E-state index in [4.69, 9.17) is 0 Å². The second-order valence-corrected chi connectivity index (χ2v) is 8.39. The molecule has 0 bridgehead atoms. The highest BCUT2D eigenvalue weighted by Gasteiger charge is 2.12. The Kier molecular flexibility index (Phi) is 6.31. The molecule has 3 heterocycles. The standard InChI is InChI=1S/C21H19N5O2S2/c27-19(10-17-13-30-21(24-17)25-20(28)18-2-1-9-29-18)23-11-15-3-5-16(6-4-15)12-26-8-7-22-14-26/h1-9,13-14H,10-12H2,(H,23,27)(H,24,25,28). The monoisotopic (exact) mass is 437 g/mol. The molecular weight excluding hydrogens is 418 g/mol. The Labute approximate surface area is 181 Å². The second-order valence-electron chi connectivity index (χ2n) is 6.58. The van der Waals surface area contributed by atoms with Gasteiger partial charge in [0.2, 0.25) is 5.91 Å². The summed E-state index contributed by atoms with van der Waals surface area (Å²) in [6, 6.07) is 11.7. The van der Waals surface area contributed by atoms with Crippen molar-refractivity contribution in [2.45, 2.75) is 19.5 Å². The fourth-order valence-corrected chi connectivity index (χ4v) is 4.12. The van der Waals surface area contributed by atoms with Gasteiger partial charge in [0.25, 0.3) is 5.91 Å². The maximum absolute atomic E-state index is 12.2. The number of hydrogen-bond acceptors (Lipinski definition) is 6. The lowest BCUT2D eigenvalue weighted by molar-refractivity contribution is -0.120. The van der Waals surface area contributed by atoms with Gasteiger partial charge in [0.15, 0.2) is 5.13 Å². The van der Waals surface area contributed by atoms with E-state index in [0.29, 0.717) is 22.2 Å². The van der Waals surface area contributed by atoms with Crippen molar-refractivity contribution >= 4 is 39.6 Å². The first-order valence-corrected chi connectivity index (χ1v) is 11.0. The summed E-state index contributed by atoms with van der Waals surface area (Å²) in [5.74, 6) is -0.300. The fourth-order valence-electron chi connectivity index (χ4n) is 2.79. The van der Waals surface area contributed by atoms with Gasteiger partial charge in [-0.3, -0.25) is 14.9 Å². The molecule has 0 spiro atoms. The molecule has 1 aromatic carbocycles. The molecule has 3 aromatic heterocycles. The third-order valence-corrected chi connectivity index (χ3v) is 5.97. The molecule has 0 saturated heterocycles. The smallest absolute Gasteiger partial charge is 0.267 e. The molecular formula is C21H19N5O2S2. The maximum Gasteiger partial charge on any atom is 0.267 e. The van der Waals surface area contributed by atoms with Gasteiger partial charge in [-0.2, -0.15) is 0 Å². The van der Waals surface area contributed by atoms with E-state index < -0.39 is 0 Å². The van der Waals surface area contributed by atoms with Crippen LogP contribution in [-0.4, -0.2) is 26.3 Å². The highest BCUT2D eigenvalue weighted by atomic mass is 32.1. The van der Waals surface area contributed by atoms with Crippen molar-refractivity contribution in [3.63, 3.8) is 0 Å². The Morgan fingerprint density at radius 3 is 2.63 bits per heavy atom. The number of rotatable bonds is 8. The lowest BCUT2D eigenvalue weighted by Gasteiger charge is -2.07. The molecule has 0 radical (unpaired) electrons. The van der Waals surface area contributed by atoms with Crippen LogP contribution in [0.4, 0.5) is 5.13 Å². The number of benzene rings is 1. The SMILES string of the molecule is O=C(Cc1csc(NC(=O)c2cccs2)n1)NCc1ccc(Cn2ccnc2)cc1. The molecule has 4 rings (SSSR count). The number of nitrogens with one attached hydrogen (secondary N) is 2. The molecule has 2 N–H and O–H groups in total. The van der Waals surface area contributed by atoms with Gasteiger partial charge in [-0.05, 0) is 22.6 Å². The molecule has 7 nitrogen and oxygen atoms in total. The number of anilines is 1. The molecule has 0 atom stereocenters. The summed E-state index contributed by atoms with van der Waals surface area (Å²) in [4.78, 5) is 33.3. The van der Waals surface area contributed by atoms with Gasteiger partial charge in [-0.15, -0.1) is 22.7 Å². The third kappa shape index (κ3) is 5.40. The topological polar surface area (TPSA) is 88.9 Å². The number of amides is 2. The summed E-state index contributed by atoms with van der Waals surface area (Å²) >= 11 is 2.68. The third-order valence-electron chi connectivity index (χ3n) is 4.30. The number of carbonyl (C=O) groups excluding carboxylic acids is 2. The molecule has 0 aliphatic carbocycles. The maximum atomic E-state index is 12.2. The second kappa shape index (κ2) is 9.47. The van der Waals surface area contributed by atoms with Gasteiger partial charge in [-0.1, -0.05) is 30.3 Å². The zero-order chi connectivity index (χ0) is 20.8. The zero-order valence-electron chi connectivity index (χ0n) is 15.9. The highest BCUT2D eigenvalue weighted by molar-refractivity contribution is 7.14. The largest absolute Gasteiger partial charge is 0.352 e. The first-order valence-electron chi connectivity index (χ1n) is 9.25. The van der Waals surface area contributed by atoms with E-state index >= 15 is 0 Å². The molecule has 0 aliphatic heterocycles. The van der Waals surface area contributed by atoms with Crippen molar-refractivity contribution < 1.29 is 9.59 Å². The lowest BCUT2D eigenvalue weighted by Crippen LogP contribution is -2.24. The summed E-state index contributed by atoms with van der Waals surface area (Å²) in [6.45, 7) is 1.22. The number of hydrogen-bond donors (Lipinski definition) is 2. The molecule has 0 fully saturated rings. The van der Waals surface area contributed by atoms with Crippen LogP contribution in [0.2, 0.25) is 0 Å². The Morgan fingerprint density at radius 1 is 1.07 bits per heavy atom. The van der Waals surface area contributed by atoms with Crippen LogP contribution in [0.3, 0.4) is 0 Å². The first kappa shape index (κ1) is 20.0. The van der Waals surface area contributed by atoms with Gasteiger partial charge in [-0.25, -0.2) is 9.97 Å². The Morgan fingerprint density at radius 2 is 1.90 bits per heavy atom. The average molecular weight is 438 g/mol. The summed E-state index contributed by atoms with van der Waals surface area (Å²) in [6.07, 6.45) is 5.63. The fraction of sp³-hybridized carbons (Fsp3) is 0.143. The predicted octanol–water partition coefficient (Wildman–Crippen LogP) is 3.56. The Hall–Kier alpha value is -3.30. The van der Waals surface area contributed by atoms with Crippen LogP contribution in [0.1, 0.15) is 26.5 Å². The van der Waals surface area contributed by atoms with E-state index in [2.05, 4.69) is 20.6 Å². The minimum absolute atomic E-state index is 0.112. The minimum Gasteiger partial charge on any atom is -0.352 e. The number of thiazole rings is 1. The highest BCUT2D eigenvalue weighted by Crippen LogP contribution is 2.18. The van der Waals surface area contributed by atoms with Crippen LogP contribution in [0, 0.1) is 0 Å². The van der Waals surface area contributed by atoms with E-state index in [1.54, 1.807) is 24.0 Å². The Bertz CT molecular complexity index is 1100. The van der Waals surface area contributed by atoms with E-state index in [9.17, 15) is 9.59 Å². The normalized spacial score (nSPS) is 10.7. The molecule has 9 heteroatoms. The van der Waals surface area contributed by atoms with Crippen LogP contribution >= 0.6 is 22.7 Å². The van der Waals surface area contributed by atoms with Gasteiger partial charge in [0.1, 0.15) is 0 Å².